The van der Waals surface area contributed by atoms with Crippen molar-refractivity contribution >= 4 is 29.3 Å². The Balaban J connectivity index is 1.64. The Morgan fingerprint density at radius 3 is 2.44 bits per heavy atom. The topological polar surface area (TPSA) is 61.9 Å². The number of amides is 2. The van der Waals surface area contributed by atoms with Gasteiger partial charge in [-0.3, -0.25) is 15.0 Å². The van der Waals surface area contributed by atoms with Crippen molar-refractivity contribution in [2.24, 2.45) is 0 Å². The lowest BCUT2D eigenvalue weighted by Gasteiger charge is -2.19. The summed E-state index contributed by atoms with van der Waals surface area (Å²) >= 11 is 0. The SMILES string of the molecule is COc1cc(N2CCCC2)ccc1/C=C1/C(=O)NN(c2ccccc2)C1=O. The Labute approximate surface area is 158 Å². The number of carbonyl (C=O) groups is 2. The lowest BCUT2D eigenvalue weighted by atomic mass is 10.1. The minimum absolute atomic E-state index is 0.0890. The summed E-state index contributed by atoms with van der Waals surface area (Å²) in [5, 5.41) is 1.26. The Morgan fingerprint density at radius 2 is 1.74 bits per heavy atom. The average Bonchev–Trinajstić information content (AvgIpc) is 3.33. The summed E-state index contributed by atoms with van der Waals surface area (Å²) in [6.07, 6.45) is 3.98. The number of nitrogens with zero attached hydrogens (tertiary/aromatic N) is 2. The molecule has 0 spiro atoms. The van der Waals surface area contributed by atoms with Gasteiger partial charge in [0.25, 0.3) is 11.8 Å². The van der Waals surface area contributed by atoms with Crippen LogP contribution in [-0.2, 0) is 9.59 Å². The molecular formula is C21H21N3O3. The van der Waals surface area contributed by atoms with Crippen LogP contribution in [0, 0.1) is 0 Å². The maximum atomic E-state index is 12.7. The highest BCUT2D eigenvalue weighted by Gasteiger charge is 2.34. The first-order valence-electron chi connectivity index (χ1n) is 9.02. The van der Waals surface area contributed by atoms with Gasteiger partial charge < -0.3 is 9.64 Å². The lowest BCUT2D eigenvalue weighted by molar-refractivity contribution is -0.117. The van der Waals surface area contributed by atoms with Gasteiger partial charge in [0.15, 0.2) is 0 Å². The molecule has 2 saturated heterocycles. The Hall–Kier alpha value is -3.28. The van der Waals surface area contributed by atoms with Crippen molar-refractivity contribution in [1.29, 1.82) is 0 Å². The number of hydrogen-bond acceptors (Lipinski definition) is 4. The summed E-state index contributed by atoms with van der Waals surface area (Å²) < 4.78 is 5.51. The zero-order valence-corrected chi connectivity index (χ0v) is 15.1. The minimum atomic E-state index is -0.422. The van der Waals surface area contributed by atoms with Crippen LogP contribution in [0.3, 0.4) is 0 Å². The maximum Gasteiger partial charge on any atom is 0.282 e. The van der Waals surface area contributed by atoms with Crippen molar-refractivity contribution in [3.63, 3.8) is 0 Å². The van der Waals surface area contributed by atoms with Gasteiger partial charge in [-0.05, 0) is 43.2 Å². The second kappa shape index (κ2) is 7.15. The molecule has 6 nitrogen and oxygen atoms in total. The van der Waals surface area contributed by atoms with E-state index in [2.05, 4.69) is 10.3 Å². The Bertz CT molecular complexity index is 902. The van der Waals surface area contributed by atoms with Crippen LogP contribution in [0.2, 0.25) is 0 Å². The molecule has 27 heavy (non-hydrogen) atoms. The monoisotopic (exact) mass is 363 g/mol. The molecule has 2 amide bonds. The second-order valence-corrected chi connectivity index (χ2v) is 6.60. The fourth-order valence-corrected chi connectivity index (χ4v) is 3.46. The molecule has 138 valence electrons. The molecule has 0 saturated carbocycles. The molecule has 0 unspecified atom stereocenters. The van der Waals surface area contributed by atoms with Crippen LogP contribution in [0.15, 0.2) is 54.1 Å². The van der Waals surface area contributed by atoms with Gasteiger partial charge in [-0.1, -0.05) is 18.2 Å². The van der Waals surface area contributed by atoms with Gasteiger partial charge in [0.2, 0.25) is 0 Å². The van der Waals surface area contributed by atoms with Crippen LogP contribution in [0.25, 0.3) is 6.08 Å². The van der Waals surface area contributed by atoms with Gasteiger partial charge in [0.05, 0.1) is 12.8 Å². The second-order valence-electron chi connectivity index (χ2n) is 6.60. The number of methoxy groups -OCH3 is 1. The van der Waals surface area contributed by atoms with Crippen LogP contribution in [0.1, 0.15) is 18.4 Å². The predicted octanol–water partition coefficient (Wildman–Crippen LogP) is 2.76. The summed E-state index contributed by atoms with van der Waals surface area (Å²) in [5.41, 5.74) is 5.12. The first-order chi connectivity index (χ1) is 13.2. The fraction of sp³-hybridized carbons (Fsp3) is 0.238. The third-order valence-electron chi connectivity index (χ3n) is 4.89. The van der Waals surface area contributed by atoms with E-state index in [0.717, 1.165) is 18.8 Å². The van der Waals surface area contributed by atoms with Gasteiger partial charge in [-0.25, -0.2) is 5.01 Å². The van der Waals surface area contributed by atoms with E-state index in [9.17, 15) is 9.59 Å². The molecule has 2 aliphatic rings. The van der Waals surface area contributed by atoms with E-state index in [1.165, 1.54) is 17.9 Å². The van der Waals surface area contributed by atoms with Crippen molar-refractivity contribution in [2.45, 2.75) is 12.8 Å². The third kappa shape index (κ3) is 3.26. The van der Waals surface area contributed by atoms with E-state index in [4.69, 9.17) is 4.74 Å². The van der Waals surface area contributed by atoms with E-state index < -0.39 is 5.91 Å². The quantitative estimate of drug-likeness (QED) is 0.670. The number of anilines is 2. The largest absolute Gasteiger partial charge is 0.496 e. The number of ether oxygens (including phenoxy) is 1. The molecular weight excluding hydrogens is 342 g/mol. The van der Waals surface area contributed by atoms with E-state index in [1.807, 2.05) is 36.4 Å². The molecule has 2 aromatic carbocycles. The zero-order valence-electron chi connectivity index (χ0n) is 15.1. The first kappa shape index (κ1) is 17.1. The normalized spacial score (nSPS) is 18.3. The highest BCUT2D eigenvalue weighted by molar-refractivity contribution is 6.31. The molecule has 6 heteroatoms. The summed E-state index contributed by atoms with van der Waals surface area (Å²) in [4.78, 5) is 27.4. The van der Waals surface area contributed by atoms with Crippen LogP contribution >= 0.6 is 0 Å². The number of benzene rings is 2. The van der Waals surface area contributed by atoms with E-state index in [-0.39, 0.29) is 11.5 Å². The minimum Gasteiger partial charge on any atom is -0.496 e. The molecule has 0 atom stereocenters. The van der Waals surface area contributed by atoms with Gasteiger partial charge in [-0.2, -0.15) is 0 Å². The van der Waals surface area contributed by atoms with Crippen LogP contribution < -0.4 is 20.1 Å². The molecule has 2 heterocycles. The van der Waals surface area contributed by atoms with Crippen LogP contribution in [-0.4, -0.2) is 32.0 Å². The highest BCUT2D eigenvalue weighted by Crippen LogP contribution is 2.30. The van der Waals surface area contributed by atoms with E-state index >= 15 is 0 Å². The smallest absolute Gasteiger partial charge is 0.282 e. The van der Waals surface area contributed by atoms with Crippen molar-refractivity contribution in [3.8, 4) is 5.75 Å². The average molecular weight is 363 g/mol. The molecule has 0 bridgehead atoms. The molecule has 0 radical (unpaired) electrons. The van der Waals surface area contributed by atoms with Gasteiger partial charge in [0.1, 0.15) is 11.3 Å². The molecule has 0 aliphatic carbocycles. The molecule has 2 fully saturated rings. The van der Waals surface area contributed by atoms with Crippen LogP contribution in [0.4, 0.5) is 11.4 Å². The first-order valence-corrected chi connectivity index (χ1v) is 9.02. The number of para-hydroxylation sites is 1. The molecule has 4 rings (SSSR count). The molecule has 0 aromatic heterocycles. The van der Waals surface area contributed by atoms with Gasteiger partial charge >= 0.3 is 0 Å². The highest BCUT2D eigenvalue weighted by atomic mass is 16.5. The predicted molar refractivity (Wildman–Crippen MR) is 104 cm³/mol. The summed E-state index contributed by atoms with van der Waals surface area (Å²) in [7, 11) is 1.60. The number of nitrogens with one attached hydrogen (secondary N) is 1. The Morgan fingerprint density at radius 1 is 1.00 bits per heavy atom. The molecule has 2 aliphatic heterocycles. The van der Waals surface area contributed by atoms with Crippen molar-refractivity contribution < 1.29 is 14.3 Å². The van der Waals surface area contributed by atoms with Gasteiger partial charge in [-0.15, -0.1) is 0 Å². The Kier molecular flexibility index (Phi) is 4.54. The summed E-state index contributed by atoms with van der Waals surface area (Å²) in [5.74, 6) is -0.156. The lowest BCUT2D eigenvalue weighted by Crippen LogP contribution is -2.35. The summed E-state index contributed by atoms with van der Waals surface area (Å²) in [6, 6.07) is 14.9. The molecule has 1 N–H and O–H groups in total. The zero-order chi connectivity index (χ0) is 18.8. The van der Waals surface area contributed by atoms with Crippen molar-refractivity contribution in [3.05, 3.63) is 59.7 Å². The number of rotatable bonds is 4. The number of hydrazine groups is 1. The van der Waals surface area contributed by atoms with E-state index in [0.29, 0.717) is 17.0 Å². The third-order valence-corrected chi connectivity index (χ3v) is 4.89. The molecule has 2 aromatic rings. The fourth-order valence-electron chi connectivity index (χ4n) is 3.46. The summed E-state index contributed by atoms with van der Waals surface area (Å²) in [6.45, 7) is 2.08. The standard InChI is InChI=1S/C21H21N3O3/c1-27-19-14-17(23-11-5-6-12-23)10-9-15(19)13-18-20(25)22-24(21(18)26)16-7-3-2-4-8-16/h2-4,7-10,13-14H,5-6,11-12H2,1H3,(H,22,25)/b18-13-. The van der Waals surface area contributed by atoms with Gasteiger partial charge in [0, 0.05) is 30.4 Å². The number of carbonyl (C=O) groups excluding carboxylic acids is 2. The van der Waals surface area contributed by atoms with Crippen LogP contribution in [0.5, 0.6) is 5.75 Å². The van der Waals surface area contributed by atoms with E-state index in [1.54, 1.807) is 25.3 Å². The number of hydrogen-bond donors (Lipinski definition) is 1. The van der Waals surface area contributed by atoms with Crippen molar-refractivity contribution in [2.75, 3.05) is 30.1 Å². The maximum absolute atomic E-state index is 12.7. The van der Waals surface area contributed by atoms with Crippen molar-refractivity contribution in [1.82, 2.24) is 5.43 Å².